The zero-order chi connectivity index (χ0) is 20.6. The molecule has 2 amide bonds. The molecule has 0 saturated carbocycles. The van der Waals surface area contributed by atoms with Gasteiger partial charge in [0, 0.05) is 5.25 Å². The number of rotatable bonds is 5. The third-order valence-corrected chi connectivity index (χ3v) is 5.82. The van der Waals surface area contributed by atoms with E-state index in [4.69, 9.17) is 16.3 Å². The summed E-state index contributed by atoms with van der Waals surface area (Å²) in [7, 11) is 1.52. The molecule has 0 bridgehead atoms. The second kappa shape index (κ2) is 8.02. The molecule has 28 heavy (non-hydrogen) atoms. The van der Waals surface area contributed by atoms with Crippen LogP contribution in [0.3, 0.4) is 0 Å². The summed E-state index contributed by atoms with van der Waals surface area (Å²) in [5, 5.41) is 0.505. The highest BCUT2D eigenvalue weighted by molar-refractivity contribution is 8.04. The summed E-state index contributed by atoms with van der Waals surface area (Å²) >= 11 is 7.64. The monoisotopic (exact) mass is 415 g/mol. The van der Waals surface area contributed by atoms with Crippen molar-refractivity contribution in [3.05, 3.63) is 63.0 Å². The van der Waals surface area contributed by atoms with Gasteiger partial charge in [-0.2, -0.15) is 0 Å². The molecule has 1 aliphatic heterocycles. The molecule has 0 aliphatic carbocycles. The van der Waals surface area contributed by atoms with Gasteiger partial charge < -0.3 is 4.74 Å². The van der Waals surface area contributed by atoms with Crippen molar-refractivity contribution in [1.82, 2.24) is 0 Å². The van der Waals surface area contributed by atoms with Crippen LogP contribution in [0.25, 0.3) is 5.57 Å². The number of hydrogen-bond donors (Lipinski definition) is 0. The van der Waals surface area contributed by atoms with E-state index in [0.29, 0.717) is 26.9 Å². The number of carbonyl (C=O) groups is 2. The molecular formula is C22H22ClNO3S. The molecular weight excluding hydrogens is 394 g/mol. The van der Waals surface area contributed by atoms with E-state index in [9.17, 15) is 9.59 Å². The number of ether oxygens (including phenoxy) is 1. The molecule has 2 aromatic carbocycles. The van der Waals surface area contributed by atoms with Gasteiger partial charge in [-0.15, -0.1) is 11.8 Å². The van der Waals surface area contributed by atoms with E-state index in [0.717, 1.165) is 16.7 Å². The third kappa shape index (κ3) is 3.69. The molecule has 4 nitrogen and oxygen atoms in total. The minimum absolute atomic E-state index is 0.159. The summed E-state index contributed by atoms with van der Waals surface area (Å²) in [6.07, 6.45) is 0. The van der Waals surface area contributed by atoms with Crippen LogP contribution in [0.4, 0.5) is 5.69 Å². The summed E-state index contributed by atoms with van der Waals surface area (Å²) in [4.78, 5) is 28.3. The molecule has 0 saturated heterocycles. The molecule has 6 heteroatoms. The molecule has 2 aromatic rings. The predicted molar refractivity (Wildman–Crippen MR) is 116 cm³/mol. The molecule has 0 aromatic heterocycles. The van der Waals surface area contributed by atoms with Crippen molar-refractivity contribution in [2.45, 2.75) is 32.9 Å². The Kier molecular flexibility index (Phi) is 5.87. The molecule has 0 spiro atoms. The summed E-state index contributed by atoms with van der Waals surface area (Å²) < 4.78 is 5.17. The third-order valence-electron chi connectivity index (χ3n) is 4.44. The van der Waals surface area contributed by atoms with Gasteiger partial charge in [0.15, 0.2) is 0 Å². The first kappa shape index (κ1) is 20.5. The lowest BCUT2D eigenvalue weighted by atomic mass is 9.99. The Morgan fingerprint density at radius 2 is 1.75 bits per heavy atom. The van der Waals surface area contributed by atoms with Crippen LogP contribution in [-0.2, 0) is 9.59 Å². The van der Waals surface area contributed by atoms with Crippen LogP contribution in [0.15, 0.2) is 41.3 Å². The van der Waals surface area contributed by atoms with Crippen LogP contribution in [-0.4, -0.2) is 24.2 Å². The van der Waals surface area contributed by atoms with Gasteiger partial charge in [-0.25, -0.2) is 4.90 Å². The van der Waals surface area contributed by atoms with Crippen LogP contribution >= 0.6 is 23.4 Å². The van der Waals surface area contributed by atoms with Gasteiger partial charge in [0.2, 0.25) is 0 Å². The van der Waals surface area contributed by atoms with Crippen molar-refractivity contribution in [1.29, 1.82) is 0 Å². The number of carbonyl (C=O) groups excluding carboxylic acids is 2. The molecule has 1 heterocycles. The summed E-state index contributed by atoms with van der Waals surface area (Å²) in [5.74, 6) is -0.162. The molecule has 0 fully saturated rings. The van der Waals surface area contributed by atoms with Gasteiger partial charge in [-0.05, 0) is 43.2 Å². The van der Waals surface area contributed by atoms with Crippen molar-refractivity contribution in [2.24, 2.45) is 0 Å². The first-order valence-electron chi connectivity index (χ1n) is 8.95. The first-order chi connectivity index (χ1) is 13.2. The topological polar surface area (TPSA) is 46.6 Å². The predicted octanol–water partition coefficient (Wildman–Crippen LogP) is 5.39. The Morgan fingerprint density at radius 3 is 2.32 bits per heavy atom. The maximum absolute atomic E-state index is 13.4. The van der Waals surface area contributed by atoms with Crippen molar-refractivity contribution < 1.29 is 14.3 Å². The van der Waals surface area contributed by atoms with E-state index in [1.165, 1.54) is 23.8 Å². The molecule has 3 rings (SSSR count). The molecule has 0 atom stereocenters. The summed E-state index contributed by atoms with van der Waals surface area (Å²) in [5.41, 5.74) is 3.74. The van der Waals surface area contributed by atoms with E-state index in [-0.39, 0.29) is 17.1 Å². The Bertz CT molecular complexity index is 997. The average Bonchev–Trinajstić information content (AvgIpc) is 2.85. The van der Waals surface area contributed by atoms with E-state index >= 15 is 0 Å². The fourth-order valence-corrected chi connectivity index (χ4v) is 4.45. The normalized spacial score (nSPS) is 14.5. The summed E-state index contributed by atoms with van der Waals surface area (Å²) in [6.45, 7) is 7.96. The van der Waals surface area contributed by atoms with Crippen molar-refractivity contribution in [3.8, 4) is 5.75 Å². The smallest absolute Gasteiger partial charge is 0.272 e. The molecule has 0 N–H and O–H groups in total. The Labute approximate surface area is 174 Å². The van der Waals surface area contributed by atoms with Gasteiger partial charge in [0.1, 0.15) is 5.75 Å². The standard InChI is InChI=1S/C22H22ClNO3S/c1-12(2)28-20-19(16-8-6-13(3)10-14(16)4)21(25)24(22(20)26)15-7-9-18(27-5)17(23)11-15/h6-12H,1-5H3. The van der Waals surface area contributed by atoms with E-state index in [1.54, 1.807) is 18.2 Å². The van der Waals surface area contributed by atoms with E-state index in [1.807, 2.05) is 45.9 Å². The van der Waals surface area contributed by atoms with Crippen LogP contribution in [0.5, 0.6) is 5.75 Å². The lowest BCUT2D eigenvalue weighted by molar-refractivity contribution is -0.119. The average molecular weight is 416 g/mol. The fraction of sp³-hybridized carbons (Fsp3) is 0.273. The minimum atomic E-state index is -0.332. The highest BCUT2D eigenvalue weighted by atomic mass is 35.5. The van der Waals surface area contributed by atoms with Crippen LogP contribution < -0.4 is 9.64 Å². The zero-order valence-corrected chi connectivity index (χ0v) is 18.1. The van der Waals surface area contributed by atoms with Gasteiger partial charge in [0.05, 0.1) is 28.3 Å². The number of amides is 2. The second-order valence-electron chi connectivity index (χ2n) is 6.95. The molecule has 0 unspecified atom stereocenters. The maximum Gasteiger partial charge on any atom is 0.272 e. The molecule has 146 valence electrons. The SMILES string of the molecule is COc1ccc(N2C(=O)C(SC(C)C)=C(c3ccc(C)cc3C)C2=O)cc1Cl. The number of hydrogen-bond acceptors (Lipinski definition) is 4. The number of thioether (sulfide) groups is 1. The highest BCUT2D eigenvalue weighted by Gasteiger charge is 2.41. The first-order valence-corrected chi connectivity index (χ1v) is 10.2. The van der Waals surface area contributed by atoms with Gasteiger partial charge in [0.25, 0.3) is 11.8 Å². The highest BCUT2D eigenvalue weighted by Crippen LogP contribution is 2.42. The van der Waals surface area contributed by atoms with E-state index < -0.39 is 0 Å². The Hall–Kier alpha value is -2.24. The van der Waals surface area contributed by atoms with Crippen molar-refractivity contribution in [2.75, 3.05) is 12.0 Å². The quantitative estimate of drug-likeness (QED) is 0.614. The number of imide groups is 1. The fourth-order valence-electron chi connectivity index (χ4n) is 3.22. The van der Waals surface area contributed by atoms with Crippen LogP contribution in [0.1, 0.15) is 30.5 Å². The van der Waals surface area contributed by atoms with Crippen LogP contribution in [0.2, 0.25) is 5.02 Å². The van der Waals surface area contributed by atoms with Crippen molar-refractivity contribution >= 4 is 46.4 Å². The number of nitrogens with zero attached hydrogens (tertiary/aromatic N) is 1. The number of aryl methyl sites for hydroxylation is 2. The van der Waals surface area contributed by atoms with Gasteiger partial charge >= 0.3 is 0 Å². The molecule has 0 radical (unpaired) electrons. The Balaban J connectivity index is 2.13. The largest absolute Gasteiger partial charge is 0.495 e. The second-order valence-corrected chi connectivity index (χ2v) is 8.95. The molecule has 1 aliphatic rings. The summed E-state index contributed by atoms with van der Waals surface area (Å²) in [6, 6.07) is 10.8. The number of benzene rings is 2. The lowest BCUT2D eigenvalue weighted by Crippen LogP contribution is -2.31. The number of anilines is 1. The van der Waals surface area contributed by atoms with Gasteiger partial charge in [-0.3, -0.25) is 9.59 Å². The van der Waals surface area contributed by atoms with Crippen LogP contribution in [0, 0.1) is 13.8 Å². The number of methoxy groups -OCH3 is 1. The van der Waals surface area contributed by atoms with Gasteiger partial charge in [-0.1, -0.05) is 49.2 Å². The zero-order valence-electron chi connectivity index (χ0n) is 16.5. The lowest BCUT2D eigenvalue weighted by Gasteiger charge is -2.17. The number of halogens is 1. The minimum Gasteiger partial charge on any atom is -0.495 e. The van der Waals surface area contributed by atoms with Crippen molar-refractivity contribution in [3.63, 3.8) is 0 Å². The maximum atomic E-state index is 13.4. The van der Waals surface area contributed by atoms with E-state index in [2.05, 4.69) is 0 Å². The Morgan fingerprint density at radius 1 is 1.04 bits per heavy atom.